The number of hydrogen-bond acceptors (Lipinski definition) is 6. The van der Waals surface area contributed by atoms with Gasteiger partial charge in [0, 0.05) is 36.7 Å². The minimum absolute atomic E-state index is 0.0864. The van der Waals surface area contributed by atoms with E-state index in [2.05, 4.69) is 20.7 Å². The van der Waals surface area contributed by atoms with Crippen molar-refractivity contribution in [3.63, 3.8) is 0 Å². The van der Waals surface area contributed by atoms with Gasteiger partial charge in [0.25, 0.3) is 10.0 Å². The molecule has 0 atom stereocenters. The van der Waals surface area contributed by atoms with Crippen molar-refractivity contribution in [2.75, 3.05) is 33.0 Å². The van der Waals surface area contributed by atoms with Crippen molar-refractivity contribution in [1.29, 1.82) is 0 Å². The quantitative estimate of drug-likeness (QED) is 0.322. The van der Waals surface area contributed by atoms with Crippen molar-refractivity contribution in [3.8, 4) is 5.69 Å². The number of halogens is 1. The van der Waals surface area contributed by atoms with E-state index in [1.807, 2.05) is 43.1 Å². The van der Waals surface area contributed by atoms with Crippen molar-refractivity contribution >= 4 is 50.7 Å². The molecule has 0 fully saturated rings. The molecular formula is C24H24ClN7O3S. The van der Waals surface area contributed by atoms with E-state index in [-0.39, 0.29) is 10.6 Å². The van der Waals surface area contributed by atoms with Crippen LogP contribution in [0.2, 0.25) is 0 Å². The Bertz CT molecular complexity index is 1430. The summed E-state index contributed by atoms with van der Waals surface area (Å²) < 4.78 is 28.2. The Kier molecular flexibility index (Phi) is 7.41. The van der Waals surface area contributed by atoms with Crippen molar-refractivity contribution in [2.24, 2.45) is 0 Å². The highest BCUT2D eigenvalue weighted by Crippen LogP contribution is 2.27. The lowest BCUT2D eigenvalue weighted by molar-refractivity contribution is 0.262. The van der Waals surface area contributed by atoms with Crippen LogP contribution in [0.15, 0.2) is 90.2 Å². The average Bonchev–Trinajstić information content (AvgIpc) is 3.40. The predicted molar refractivity (Wildman–Crippen MR) is 141 cm³/mol. The number of urea groups is 1. The summed E-state index contributed by atoms with van der Waals surface area (Å²) in [5.41, 5.74) is 1.92. The topological polar surface area (TPSA) is 112 Å². The molecule has 36 heavy (non-hydrogen) atoms. The Hall–Kier alpha value is -4.09. The molecule has 0 bridgehead atoms. The fourth-order valence-corrected chi connectivity index (χ4v) is 4.54. The summed E-state index contributed by atoms with van der Waals surface area (Å²) in [6, 6.07) is 18.3. The molecule has 0 aliphatic carbocycles. The summed E-state index contributed by atoms with van der Waals surface area (Å²) in [6.45, 7) is 2.82. The summed E-state index contributed by atoms with van der Waals surface area (Å²) in [6.07, 6.45) is 4.21. The number of nitrogens with zero attached hydrogens (tertiary/aromatic N) is 5. The SMILES string of the molecule is CCN(C)c1ccc(-n2cc(S(=O)(=O)N(Cl)c3ccc(NC(=O)Nc4ccccc4)cc3)cn2)cn1. The number of aromatic nitrogens is 3. The molecule has 10 nitrogen and oxygen atoms in total. The number of amides is 2. The third-order valence-electron chi connectivity index (χ3n) is 5.29. The number of nitrogens with one attached hydrogen (secondary N) is 2. The summed E-state index contributed by atoms with van der Waals surface area (Å²) in [5, 5.41) is 9.53. The first-order chi connectivity index (χ1) is 17.3. The van der Waals surface area contributed by atoms with Gasteiger partial charge in [0.05, 0.1) is 30.0 Å². The molecule has 12 heteroatoms. The Labute approximate surface area is 214 Å². The maximum absolute atomic E-state index is 13.1. The van der Waals surface area contributed by atoms with Gasteiger partial charge in [0.1, 0.15) is 10.7 Å². The molecule has 2 aromatic heterocycles. The molecule has 4 rings (SSSR count). The first kappa shape index (κ1) is 25.0. The fourth-order valence-electron chi connectivity index (χ4n) is 3.19. The number of carbonyl (C=O) groups is 1. The highest BCUT2D eigenvalue weighted by atomic mass is 35.5. The minimum Gasteiger partial charge on any atom is -0.360 e. The summed E-state index contributed by atoms with van der Waals surface area (Å²) >= 11 is 6.22. The van der Waals surface area contributed by atoms with Crippen LogP contribution in [-0.4, -0.2) is 42.8 Å². The van der Waals surface area contributed by atoms with E-state index >= 15 is 0 Å². The number of para-hydroxylation sites is 1. The van der Waals surface area contributed by atoms with Crippen LogP contribution in [0, 0.1) is 0 Å². The van der Waals surface area contributed by atoms with Crippen LogP contribution in [0.4, 0.5) is 27.7 Å². The monoisotopic (exact) mass is 525 g/mol. The van der Waals surface area contributed by atoms with Gasteiger partial charge in [-0.05, 0) is 55.5 Å². The van der Waals surface area contributed by atoms with Gasteiger partial charge in [-0.2, -0.15) is 17.3 Å². The van der Waals surface area contributed by atoms with E-state index in [0.29, 0.717) is 20.9 Å². The van der Waals surface area contributed by atoms with Crippen LogP contribution < -0.4 is 19.4 Å². The second-order valence-electron chi connectivity index (χ2n) is 7.72. The molecule has 0 saturated heterocycles. The normalized spacial score (nSPS) is 11.1. The van der Waals surface area contributed by atoms with E-state index in [4.69, 9.17) is 11.8 Å². The highest BCUT2D eigenvalue weighted by Gasteiger charge is 2.25. The molecule has 186 valence electrons. The smallest absolute Gasteiger partial charge is 0.323 e. The fraction of sp³-hybridized carbons (Fsp3) is 0.125. The Morgan fingerprint density at radius 2 is 1.64 bits per heavy atom. The lowest BCUT2D eigenvalue weighted by atomic mass is 10.3. The average molecular weight is 526 g/mol. The molecule has 2 amide bonds. The molecule has 2 heterocycles. The Morgan fingerprint density at radius 3 is 2.25 bits per heavy atom. The molecule has 0 spiro atoms. The number of rotatable bonds is 8. The van der Waals surface area contributed by atoms with Crippen molar-refractivity contribution in [2.45, 2.75) is 11.8 Å². The maximum atomic E-state index is 13.1. The van der Waals surface area contributed by atoms with E-state index < -0.39 is 16.1 Å². The number of carbonyl (C=O) groups excluding carboxylic acids is 1. The largest absolute Gasteiger partial charge is 0.360 e. The van der Waals surface area contributed by atoms with Crippen molar-refractivity contribution in [1.82, 2.24) is 14.8 Å². The van der Waals surface area contributed by atoms with E-state index in [9.17, 15) is 13.2 Å². The minimum atomic E-state index is -4.09. The van der Waals surface area contributed by atoms with Crippen LogP contribution >= 0.6 is 11.8 Å². The van der Waals surface area contributed by atoms with E-state index in [1.54, 1.807) is 36.5 Å². The van der Waals surface area contributed by atoms with Crippen molar-refractivity contribution in [3.05, 3.63) is 85.3 Å². The van der Waals surface area contributed by atoms with Gasteiger partial charge < -0.3 is 15.5 Å². The van der Waals surface area contributed by atoms with Gasteiger partial charge in [-0.3, -0.25) is 0 Å². The zero-order valence-corrected chi connectivity index (χ0v) is 21.1. The number of anilines is 4. The molecule has 0 radical (unpaired) electrons. The molecule has 0 saturated carbocycles. The number of pyridine rings is 1. The van der Waals surface area contributed by atoms with Gasteiger partial charge in [-0.1, -0.05) is 18.2 Å². The predicted octanol–water partition coefficient (Wildman–Crippen LogP) is 4.72. The first-order valence-corrected chi connectivity index (χ1v) is 12.7. The Morgan fingerprint density at radius 1 is 0.972 bits per heavy atom. The van der Waals surface area contributed by atoms with Gasteiger partial charge >= 0.3 is 6.03 Å². The number of hydrogen-bond donors (Lipinski definition) is 2. The summed E-state index contributed by atoms with van der Waals surface area (Å²) in [7, 11) is -2.17. The van der Waals surface area contributed by atoms with Crippen molar-refractivity contribution < 1.29 is 13.2 Å². The standard InChI is InChI=1S/C24H24ClN7O3S/c1-3-30(2)23-14-13-21(15-26-23)31-17-22(16-27-31)36(34,35)32(25)20-11-9-19(10-12-20)29-24(33)28-18-7-5-4-6-8-18/h4-17H,3H2,1-2H3,(H2,28,29,33). The lowest BCUT2D eigenvalue weighted by Gasteiger charge is -2.16. The third-order valence-corrected chi connectivity index (χ3v) is 7.47. The Balaban J connectivity index is 1.44. The summed E-state index contributed by atoms with van der Waals surface area (Å²) in [4.78, 5) is 18.4. The van der Waals surface area contributed by atoms with Gasteiger partial charge in [0.15, 0.2) is 0 Å². The molecule has 2 aromatic carbocycles. The first-order valence-electron chi connectivity index (χ1n) is 10.9. The molecule has 2 N–H and O–H groups in total. The van der Waals surface area contributed by atoms with Gasteiger partial charge in [-0.25, -0.2) is 14.5 Å². The lowest BCUT2D eigenvalue weighted by Crippen LogP contribution is -2.21. The molecule has 0 unspecified atom stereocenters. The van der Waals surface area contributed by atoms with Crippen LogP contribution in [0.3, 0.4) is 0 Å². The number of sulfonamides is 1. The van der Waals surface area contributed by atoms with Crippen LogP contribution in [0.25, 0.3) is 5.69 Å². The van der Waals surface area contributed by atoms with Crippen LogP contribution in [0.1, 0.15) is 6.92 Å². The highest BCUT2D eigenvalue weighted by molar-refractivity contribution is 7.94. The maximum Gasteiger partial charge on any atom is 0.323 e. The molecule has 0 aliphatic heterocycles. The second-order valence-corrected chi connectivity index (χ2v) is 10.0. The zero-order valence-electron chi connectivity index (χ0n) is 19.5. The molecule has 4 aromatic rings. The molecular weight excluding hydrogens is 502 g/mol. The number of benzene rings is 2. The second kappa shape index (κ2) is 10.7. The third kappa shape index (κ3) is 5.58. The van der Waals surface area contributed by atoms with Gasteiger partial charge in [-0.15, -0.1) is 0 Å². The van der Waals surface area contributed by atoms with Crippen LogP contribution in [0.5, 0.6) is 0 Å². The van der Waals surface area contributed by atoms with Crippen LogP contribution in [-0.2, 0) is 10.0 Å². The summed E-state index contributed by atoms with van der Waals surface area (Å²) in [5.74, 6) is 0.795. The molecule has 0 aliphatic rings. The van der Waals surface area contributed by atoms with E-state index in [0.717, 1.165) is 12.4 Å². The van der Waals surface area contributed by atoms with E-state index in [1.165, 1.54) is 29.2 Å². The zero-order chi connectivity index (χ0) is 25.7. The van der Waals surface area contributed by atoms with Gasteiger partial charge in [0.2, 0.25) is 0 Å².